The second-order valence-electron chi connectivity index (χ2n) is 6.99. The SMILES string of the molecule is FC(F)(F)CCc1nnc(N2CCN(c3ncnc4sc(CC(F)(F)F)cc34)CC2)s1. The van der Waals surface area contributed by atoms with Gasteiger partial charge in [-0.2, -0.15) is 26.3 Å². The van der Waals surface area contributed by atoms with Gasteiger partial charge < -0.3 is 9.80 Å². The van der Waals surface area contributed by atoms with Gasteiger partial charge >= 0.3 is 12.4 Å². The number of aromatic nitrogens is 4. The number of aryl methyl sites for hydroxylation is 1. The summed E-state index contributed by atoms with van der Waals surface area (Å²) in [5.74, 6) is 0.581. The van der Waals surface area contributed by atoms with Crippen molar-refractivity contribution in [3.05, 3.63) is 22.3 Å². The third kappa shape index (κ3) is 5.53. The summed E-state index contributed by atoms with van der Waals surface area (Å²) in [4.78, 5) is 13.0. The van der Waals surface area contributed by atoms with Crippen molar-refractivity contribution < 1.29 is 26.3 Å². The van der Waals surface area contributed by atoms with E-state index in [4.69, 9.17) is 0 Å². The Kier molecular flexibility index (Phi) is 5.94. The summed E-state index contributed by atoms with van der Waals surface area (Å²) in [6, 6.07) is 1.49. The van der Waals surface area contributed by atoms with Crippen LogP contribution in [0.1, 0.15) is 16.3 Å². The fourth-order valence-electron chi connectivity index (χ4n) is 3.26. The molecule has 0 bridgehead atoms. The van der Waals surface area contributed by atoms with Gasteiger partial charge in [0.1, 0.15) is 22.0 Å². The molecule has 0 radical (unpaired) electrons. The number of fused-ring (bicyclic) bond motifs is 1. The Hall–Kier alpha value is -2.22. The summed E-state index contributed by atoms with van der Waals surface area (Å²) in [6.45, 7) is 2.15. The van der Waals surface area contributed by atoms with Gasteiger partial charge in [0.05, 0.1) is 11.8 Å². The van der Waals surface area contributed by atoms with Gasteiger partial charge in [-0.05, 0) is 6.07 Å². The molecule has 31 heavy (non-hydrogen) atoms. The van der Waals surface area contributed by atoms with E-state index in [0.717, 1.165) is 22.7 Å². The van der Waals surface area contributed by atoms with Crippen molar-refractivity contribution in [2.45, 2.75) is 31.6 Å². The summed E-state index contributed by atoms with van der Waals surface area (Å²) >= 11 is 2.15. The number of thiophene rings is 1. The van der Waals surface area contributed by atoms with E-state index in [2.05, 4.69) is 20.2 Å². The van der Waals surface area contributed by atoms with Crippen LogP contribution in [0.4, 0.5) is 37.3 Å². The maximum absolute atomic E-state index is 12.7. The van der Waals surface area contributed by atoms with Crippen LogP contribution in [0.25, 0.3) is 10.2 Å². The number of nitrogens with zero attached hydrogens (tertiary/aromatic N) is 6. The number of hydrogen-bond donors (Lipinski definition) is 0. The number of piperazine rings is 1. The molecular weight excluding hydrogens is 466 g/mol. The first-order valence-electron chi connectivity index (χ1n) is 9.26. The molecule has 1 saturated heterocycles. The van der Waals surface area contributed by atoms with Gasteiger partial charge in [-0.25, -0.2) is 9.97 Å². The summed E-state index contributed by atoms with van der Waals surface area (Å²) in [5.41, 5.74) is 0. The molecule has 14 heteroatoms. The van der Waals surface area contributed by atoms with Crippen molar-refractivity contribution in [1.82, 2.24) is 20.2 Å². The molecule has 6 nitrogen and oxygen atoms in total. The molecule has 1 aliphatic rings. The molecule has 4 heterocycles. The standard InChI is InChI=1S/C17H16F6N6S2/c18-16(19,20)2-1-12-26-27-15(31-12)29-5-3-28(4-6-29)13-11-7-10(8-17(21,22)23)30-14(11)25-9-24-13/h7,9H,1-6,8H2. The summed E-state index contributed by atoms with van der Waals surface area (Å²) in [7, 11) is 0. The third-order valence-electron chi connectivity index (χ3n) is 4.66. The normalized spacial score (nSPS) is 15.8. The Balaban J connectivity index is 1.42. The zero-order valence-electron chi connectivity index (χ0n) is 15.9. The van der Waals surface area contributed by atoms with Crippen molar-refractivity contribution >= 4 is 43.8 Å². The highest BCUT2D eigenvalue weighted by molar-refractivity contribution is 7.18. The smallest absolute Gasteiger partial charge is 0.352 e. The number of rotatable bonds is 5. The molecule has 0 aromatic carbocycles. The Morgan fingerprint density at radius 2 is 1.58 bits per heavy atom. The number of hydrogen-bond acceptors (Lipinski definition) is 8. The number of alkyl halides is 6. The van der Waals surface area contributed by atoms with E-state index in [0.29, 0.717) is 52.4 Å². The molecule has 168 valence electrons. The third-order valence-corrected chi connectivity index (χ3v) is 6.75. The topological polar surface area (TPSA) is 58.0 Å². The lowest BCUT2D eigenvalue weighted by atomic mass is 10.2. The van der Waals surface area contributed by atoms with Crippen molar-refractivity contribution in [3.63, 3.8) is 0 Å². The average molecular weight is 482 g/mol. The Morgan fingerprint density at radius 3 is 2.26 bits per heavy atom. The maximum atomic E-state index is 12.7. The van der Waals surface area contributed by atoms with Gasteiger partial charge in [-0.1, -0.05) is 11.3 Å². The maximum Gasteiger partial charge on any atom is 0.393 e. The van der Waals surface area contributed by atoms with Crippen LogP contribution in [0.5, 0.6) is 0 Å². The van der Waals surface area contributed by atoms with Gasteiger partial charge in [0.2, 0.25) is 5.13 Å². The van der Waals surface area contributed by atoms with E-state index in [-0.39, 0.29) is 11.3 Å². The van der Waals surface area contributed by atoms with Gasteiger partial charge in [0, 0.05) is 43.9 Å². The Bertz CT molecular complexity index is 1040. The first kappa shape index (κ1) is 22.0. The van der Waals surface area contributed by atoms with Gasteiger partial charge in [-0.3, -0.25) is 0 Å². The predicted octanol–water partition coefficient (Wildman–Crippen LogP) is 4.47. The molecule has 0 amide bonds. The largest absolute Gasteiger partial charge is 0.393 e. The predicted molar refractivity (Wildman–Crippen MR) is 106 cm³/mol. The average Bonchev–Trinajstić information content (AvgIpc) is 3.31. The van der Waals surface area contributed by atoms with Crippen molar-refractivity contribution in [3.8, 4) is 0 Å². The minimum atomic E-state index is -4.29. The zero-order valence-corrected chi connectivity index (χ0v) is 17.5. The fourth-order valence-corrected chi connectivity index (χ4v) is 5.17. The molecule has 3 aromatic heterocycles. The van der Waals surface area contributed by atoms with Crippen LogP contribution >= 0.6 is 22.7 Å². The monoisotopic (exact) mass is 482 g/mol. The lowest BCUT2D eigenvalue weighted by Gasteiger charge is -2.35. The van der Waals surface area contributed by atoms with Crippen molar-refractivity contribution in [2.24, 2.45) is 0 Å². The van der Waals surface area contributed by atoms with Crippen LogP contribution in [0.3, 0.4) is 0 Å². The molecule has 1 aliphatic heterocycles. The van der Waals surface area contributed by atoms with Crippen molar-refractivity contribution in [1.29, 1.82) is 0 Å². The quantitative estimate of drug-likeness (QED) is 0.501. The second-order valence-corrected chi connectivity index (χ2v) is 9.14. The lowest BCUT2D eigenvalue weighted by molar-refractivity contribution is -0.134. The van der Waals surface area contributed by atoms with Crippen LogP contribution in [-0.2, 0) is 12.8 Å². The second kappa shape index (κ2) is 8.37. The van der Waals surface area contributed by atoms with E-state index in [1.165, 1.54) is 12.4 Å². The van der Waals surface area contributed by atoms with Gasteiger partial charge in [0.25, 0.3) is 0 Å². The van der Waals surface area contributed by atoms with Crippen LogP contribution < -0.4 is 9.80 Å². The molecule has 0 atom stereocenters. The molecule has 0 unspecified atom stereocenters. The van der Waals surface area contributed by atoms with Crippen LogP contribution in [0.2, 0.25) is 0 Å². The summed E-state index contributed by atoms with van der Waals surface area (Å²) in [5, 5.41) is 9.34. The number of halogens is 6. The van der Waals surface area contributed by atoms with E-state index < -0.39 is 25.2 Å². The van der Waals surface area contributed by atoms with E-state index in [9.17, 15) is 26.3 Å². The molecule has 3 aromatic rings. The van der Waals surface area contributed by atoms with E-state index in [1.54, 1.807) is 0 Å². The van der Waals surface area contributed by atoms with Crippen molar-refractivity contribution in [2.75, 3.05) is 36.0 Å². The molecule has 4 rings (SSSR count). The highest BCUT2D eigenvalue weighted by atomic mass is 32.1. The molecule has 0 aliphatic carbocycles. The molecule has 1 fully saturated rings. The minimum Gasteiger partial charge on any atom is -0.352 e. The Labute approximate surface area is 180 Å². The van der Waals surface area contributed by atoms with E-state index >= 15 is 0 Å². The zero-order chi connectivity index (χ0) is 22.2. The Morgan fingerprint density at radius 1 is 0.871 bits per heavy atom. The van der Waals surface area contributed by atoms with Crippen LogP contribution in [0, 0.1) is 0 Å². The highest BCUT2D eigenvalue weighted by Gasteiger charge is 2.30. The fraction of sp³-hybridized carbons (Fsp3) is 0.529. The lowest BCUT2D eigenvalue weighted by Crippen LogP contribution is -2.46. The minimum absolute atomic E-state index is 0.183. The van der Waals surface area contributed by atoms with E-state index in [1.807, 2.05) is 9.80 Å². The first-order valence-corrected chi connectivity index (χ1v) is 10.9. The summed E-state index contributed by atoms with van der Waals surface area (Å²) < 4.78 is 75.3. The number of anilines is 2. The van der Waals surface area contributed by atoms with Crippen LogP contribution in [-0.4, -0.2) is 58.7 Å². The highest BCUT2D eigenvalue weighted by Crippen LogP contribution is 2.34. The first-order chi connectivity index (χ1) is 14.6. The molecule has 0 spiro atoms. The van der Waals surface area contributed by atoms with Gasteiger partial charge in [0.15, 0.2) is 0 Å². The van der Waals surface area contributed by atoms with Gasteiger partial charge in [-0.15, -0.1) is 21.5 Å². The molecule has 0 N–H and O–H groups in total. The molecule has 0 saturated carbocycles. The summed E-state index contributed by atoms with van der Waals surface area (Å²) in [6.07, 6.45) is -9.32. The van der Waals surface area contributed by atoms with Crippen LogP contribution in [0.15, 0.2) is 12.4 Å². The molecular formula is C17H16F6N6S2.